The average Bonchev–Trinajstić information content (AvgIpc) is 2.19. The molecule has 0 bridgehead atoms. The van der Waals surface area contributed by atoms with Crippen molar-refractivity contribution in [2.24, 2.45) is 4.99 Å². The van der Waals surface area contributed by atoms with E-state index in [4.69, 9.17) is 0 Å². The van der Waals surface area contributed by atoms with E-state index in [9.17, 15) is 0 Å². The molecule has 0 radical (unpaired) electrons. The molecule has 0 atom stereocenters. The highest BCUT2D eigenvalue weighted by Gasteiger charge is 1.97. The molecule has 0 aliphatic carbocycles. The molecule has 1 heterocycles. The maximum absolute atomic E-state index is 4.12. The van der Waals surface area contributed by atoms with Crippen molar-refractivity contribution in [1.82, 2.24) is 9.97 Å². The molecule has 72 valence electrons. The second-order valence-corrected chi connectivity index (χ2v) is 2.79. The van der Waals surface area contributed by atoms with Gasteiger partial charge in [-0.25, -0.2) is 9.97 Å². The number of hydrogen-bond acceptors (Lipinski definition) is 3. The summed E-state index contributed by atoms with van der Waals surface area (Å²) in [5.41, 5.74) is 1.91. The summed E-state index contributed by atoms with van der Waals surface area (Å²) >= 11 is 0. The number of allylic oxidation sites excluding steroid dienone is 3. The molecule has 1 aromatic rings. The monoisotopic (exact) mass is 187 g/mol. The quantitative estimate of drug-likeness (QED) is 0.538. The van der Waals surface area contributed by atoms with Crippen LogP contribution in [-0.2, 0) is 0 Å². The van der Waals surface area contributed by atoms with Crippen molar-refractivity contribution < 1.29 is 0 Å². The SMILES string of the molecule is C=N/C=C(\C=C/C)c1cnc(C)nc1. The fourth-order valence-electron chi connectivity index (χ4n) is 1.03. The van der Waals surface area contributed by atoms with Crippen molar-refractivity contribution in [3.63, 3.8) is 0 Å². The van der Waals surface area contributed by atoms with Gasteiger partial charge in [0.2, 0.25) is 0 Å². The Balaban J connectivity index is 3.05. The Bertz CT molecular complexity index is 361. The fraction of sp³-hybridized carbons (Fsp3) is 0.182. The van der Waals surface area contributed by atoms with E-state index in [2.05, 4.69) is 21.7 Å². The molecule has 0 saturated heterocycles. The number of aliphatic imine (C=N–C) groups is 1. The zero-order valence-electron chi connectivity index (χ0n) is 8.44. The van der Waals surface area contributed by atoms with Crippen LogP contribution in [-0.4, -0.2) is 16.7 Å². The van der Waals surface area contributed by atoms with Crippen LogP contribution in [0.25, 0.3) is 5.57 Å². The molecular formula is C11H13N3. The lowest BCUT2D eigenvalue weighted by molar-refractivity contribution is 1.04. The van der Waals surface area contributed by atoms with Crippen molar-refractivity contribution in [2.75, 3.05) is 0 Å². The molecule has 1 aromatic heterocycles. The molecule has 0 amide bonds. The van der Waals surface area contributed by atoms with Crippen molar-refractivity contribution in [2.45, 2.75) is 13.8 Å². The molecule has 0 aromatic carbocycles. The van der Waals surface area contributed by atoms with Gasteiger partial charge in [0, 0.05) is 29.7 Å². The Morgan fingerprint density at radius 3 is 2.57 bits per heavy atom. The fourth-order valence-corrected chi connectivity index (χ4v) is 1.03. The largest absolute Gasteiger partial charge is 0.272 e. The second-order valence-electron chi connectivity index (χ2n) is 2.79. The minimum atomic E-state index is 0.764. The predicted octanol–water partition coefficient (Wildman–Crippen LogP) is 2.40. The minimum absolute atomic E-state index is 0.764. The Morgan fingerprint density at radius 1 is 1.43 bits per heavy atom. The van der Waals surface area contributed by atoms with Crippen LogP contribution in [0.1, 0.15) is 18.3 Å². The standard InChI is InChI=1S/C11H13N3/c1-4-5-10(6-12-3)11-7-13-9(2)14-8-11/h4-8H,3H2,1-2H3/b5-4-,10-6+. The molecule has 3 heteroatoms. The maximum Gasteiger partial charge on any atom is 0.125 e. The number of aromatic nitrogens is 2. The topological polar surface area (TPSA) is 38.1 Å². The summed E-state index contributed by atoms with van der Waals surface area (Å²) in [5.74, 6) is 0.764. The van der Waals surface area contributed by atoms with Gasteiger partial charge in [0.1, 0.15) is 5.82 Å². The van der Waals surface area contributed by atoms with E-state index in [-0.39, 0.29) is 0 Å². The Hall–Kier alpha value is -1.77. The first-order chi connectivity index (χ1) is 6.77. The summed E-state index contributed by atoms with van der Waals surface area (Å²) in [6.45, 7) is 7.23. The van der Waals surface area contributed by atoms with E-state index in [1.54, 1.807) is 18.6 Å². The molecule has 0 saturated carbocycles. The highest BCUT2D eigenvalue weighted by atomic mass is 14.8. The average molecular weight is 187 g/mol. The van der Waals surface area contributed by atoms with Gasteiger partial charge in [-0.15, -0.1) is 0 Å². The van der Waals surface area contributed by atoms with Crippen LogP contribution in [0.15, 0.2) is 35.7 Å². The van der Waals surface area contributed by atoms with E-state index in [1.807, 2.05) is 26.0 Å². The van der Waals surface area contributed by atoms with Gasteiger partial charge in [-0.05, 0) is 20.6 Å². The Kier molecular flexibility index (Phi) is 3.73. The molecule has 0 fully saturated rings. The number of aryl methyl sites for hydroxylation is 1. The first kappa shape index (κ1) is 10.3. The zero-order valence-corrected chi connectivity index (χ0v) is 8.44. The van der Waals surface area contributed by atoms with Gasteiger partial charge in [0.15, 0.2) is 0 Å². The van der Waals surface area contributed by atoms with E-state index >= 15 is 0 Å². The van der Waals surface area contributed by atoms with Gasteiger partial charge in [-0.1, -0.05) is 12.2 Å². The van der Waals surface area contributed by atoms with Gasteiger partial charge in [-0.3, -0.25) is 4.99 Å². The third kappa shape index (κ3) is 2.62. The molecule has 3 nitrogen and oxygen atoms in total. The lowest BCUT2D eigenvalue weighted by Crippen LogP contribution is -1.89. The highest BCUT2D eigenvalue weighted by Crippen LogP contribution is 2.13. The van der Waals surface area contributed by atoms with Gasteiger partial charge < -0.3 is 0 Å². The summed E-state index contributed by atoms with van der Waals surface area (Å²) in [6.07, 6.45) is 9.13. The third-order valence-electron chi connectivity index (χ3n) is 1.69. The van der Waals surface area contributed by atoms with Crippen LogP contribution in [0.4, 0.5) is 0 Å². The highest BCUT2D eigenvalue weighted by molar-refractivity contribution is 5.73. The maximum atomic E-state index is 4.12. The van der Waals surface area contributed by atoms with Crippen LogP contribution in [0, 0.1) is 6.92 Å². The minimum Gasteiger partial charge on any atom is -0.272 e. The van der Waals surface area contributed by atoms with Crippen LogP contribution < -0.4 is 0 Å². The lowest BCUT2D eigenvalue weighted by atomic mass is 10.1. The molecule has 0 aliphatic rings. The van der Waals surface area contributed by atoms with Gasteiger partial charge in [-0.2, -0.15) is 0 Å². The van der Waals surface area contributed by atoms with E-state index in [0.717, 1.165) is 17.0 Å². The molecule has 0 spiro atoms. The molecule has 0 unspecified atom stereocenters. The molecule has 0 N–H and O–H groups in total. The normalized spacial score (nSPS) is 12.0. The van der Waals surface area contributed by atoms with Crippen molar-refractivity contribution in [3.05, 3.63) is 42.1 Å². The first-order valence-corrected chi connectivity index (χ1v) is 4.35. The molecule has 14 heavy (non-hydrogen) atoms. The van der Waals surface area contributed by atoms with E-state index in [1.165, 1.54) is 0 Å². The number of nitrogens with zero attached hydrogens (tertiary/aromatic N) is 3. The Labute approximate surface area is 83.9 Å². The summed E-state index contributed by atoms with van der Waals surface area (Å²) in [7, 11) is 0. The molecule has 1 rings (SSSR count). The number of hydrogen-bond donors (Lipinski definition) is 0. The summed E-state index contributed by atoms with van der Waals surface area (Å²) in [4.78, 5) is 12.0. The van der Waals surface area contributed by atoms with Gasteiger partial charge >= 0.3 is 0 Å². The van der Waals surface area contributed by atoms with E-state index in [0.29, 0.717) is 0 Å². The molecule has 0 aliphatic heterocycles. The van der Waals surface area contributed by atoms with Gasteiger partial charge in [0.05, 0.1) is 0 Å². The van der Waals surface area contributed by atoms with Crippen LogP contribution in [0.3, 0.4) is 0 Å². The lowest BCUT2D eigenvalue weighted by Gasteiger charge is -1.99. The summed E-state index contributed by atoms with van der Waals surface area (Å²) in [6, 6.07) is 0. The van der Waals surface area contributed by atoms with Crippen molar-refractivity contribution in [3.8, 4) is 0 Å². The van der Waals surface area contributed by atoms with Crippen LogP contribution in [0.5, 0.6) is 0 Å². The zero-order chi connectivity index (χ0) is 10.4. The third-order valence-corrected chi connectivity index (χ3v) is 1.69. The summed E-state index contributed by atoms with van der Waals surface area (Å²) < 4.78 is 0. The predicted molar refractivity (Wildman–Crippen MR) is 59.1 cm³/mol. The van der Waals surface area contributed by atoms with Crippen molar-refractivity contribution >= 4 is 12.3 Å². The van der Waals surface area contributed by atoms with Crippen LogP contribution >= 0.6 is 0 Å². The van der Waals surface area contributed by atoms with E-state index < -0.39 is 0 Å². The second kappa shape index (κ2) is 5.07. The summed E-state index contributed by atoms with van der Waals surface area (Å²) in [5, 5.41) is 0. The number of rotatable bonds is 3. The van der Waals surface area contributed by atoms with Gasteiger partial charge in [0.25, 0.3) is 0 Å². The first-order valence-electron chi connectivity index (χ1n) is 4.35. The smallest absolute Gasteiger partial charge is 0.125 e. The van der Waals surface area contributed by atoms with Crippen LogP contribution in [0.2, 0.25) is 0 Å². The molecular weight excluding hydrogens is 174 g/mol. The Morgan fingerprint density at radius 2 is 2.07 bits per heavy atom. The van der Waals surface area contributed by atoms with Crippen molar-refractivity contribution in [1.29, 1.82) is 0 Å².